The van der Waals surface area contributed by atoms with E-state index in [-0.39, 0.29) is 17.9 Å². The fourth-order valence-electron chi connectivity index (χ4n) is 3.75. The number of hydrogen-bond acceptors (Lipinski definition) is 5. The summed E-state index contributed by atoms with van der Waals surface area (Å²) in [6.45, 7) is 1.33. The van der Waals surface area contributed by atoms with Crippen LogP contribution in [0.4, 0.5) is 0 Å². The molecule has 1 aromatic carbocycles. The molecule has 0 bridgehead atoms. The molecule has 2 atom stereocenters. The molecule has 4 rings (SSSR count). The van der Waals surface area contributed by atoms with Gasteiger partial charge in [0.15, 0.2) is 0 Å². The number of carbonyl (C=O) groups excluding carboxylic acids is 1. The van der Waals surface area contributed by atoms with E-state index >= 15 is 0 Å². The Labute approximate surface area is 158 Å². The zero-order chi connectivity index (χ0) is 19.0. The van der Waals surface area contributed by atoms with Gasteiger partial charge in [-0.25, -0.2) is 9.97 Å². The second-order valence-corrected chi connectivity index (χ2v) is 7.07. The topological polar surface area (TPSA) is 63.0 Å². The first-order valence-electron chi connectivity index (χ1n) is 8.96. The third-order valence-electron chi connectivity index (χ3n) is 5.24. The second kappa shape index (κ2) is 7.00. The average molecular weight is 365 g/mol. The fraction of sp³-hybridized carbons (Fsp3) is 0.350. The molecule has 0 N–H and O–H groups in total. The van der Waals surface area contributed by atoms with Crippen molar-refractivity contribution in [2.75, 3.05) is 34.3 Å². The minimum atomic E-state index is -0.0524. The van der Waals surface area contributed by atoms with Crippen LogP contribution in [0.1, 0.15) is 22.0 Å². The highest BCUT2D eigenvalue weighted by atomic mass is 16.5. The molecule has 0 radical (unpaired) electrons. The van der Waals surface area contributed by atoms with Gasteiger partial charge >= 0.3 is 0 Å². The monoisotopic (exact) mass is 365 g/mol. The number of ether oxygens (including phenoxy) is 1. The van der Waals surface area contributed by atoms with Gasteiger partial charge < -0.3 is 14.5 Å². The maximum atomic E-state index is 13.0. The van der Waals surface area contributed by atoms with Crippen molar-refractivity contribution in [1.29, 1.82) is 0 Å². The summed E-state index contributed by atoms with van der Waals surface area (Å²) in [5, 5.41) is 0. The fourth-order valence-corrected chi connectivity index (χ4v) is 3.75. The summed E-state index contributed by atoms with van der Waals surface area (Å²) in [6, 6.07) is 10.2. The van der Waals surface area contributed by atoms with E-state index in [0.717, 1.165) is 5.75 Å². The summed E-state index contributed by atoms with van der Waals surface area (Å²) in [5.41, 5.74) is 1.64. The van der Waals surface area contributed by atoms with Gasteiger partial charge in [0.05, 0.1) is 7.11 Å². The van der Waals surface area contributed by atoms with Gasteiger partial charge in [-0.2, -0.15) is 0 Å². The van der Waals surface area contributed by atoms with Gasteiger partial charge in [-0.1, -0.05) is 12.1 Å². The highest BCUT2D eigenvalue weighted by Gasteiger charge is 2.38. The predicted molar refractivity (Wildman–Crippen MR) is 102 cm³/mol. The Kier molecular flexibility index (Phi) is 4.53. The second-order valence-electron chi connectivity index (χ2n) is 7.07. The van der Waals surface area contributed by atoms with Crippen LogP contribution in [0, 0.1) is 0 Å². The van der Waals surface area contributed by atoms with Crippen LogP contribution >= 0.6 is 0 Å². The molecule has 3 heterocycles. The lowest BCUT2D eigenvalue weighted by molar-refractivity contribution is 0.0777. The van der Waals surface area contributed by atoms with Gasteiger partial charge in [0.1, 0.15) is 11.4 Å². The average Bonchev–Trinajstić information content (AvgIpc) is 3.32. The third kappa shape index (κ3) is 3.26. The summed E-state index contributed by atoms with van der Waals surface area (Å²) in [7, 11) is 5.78. The number of fused-ring (bicyclic) bond motifs is 1. The maximum absolute atomic E-state index is 13.0. The lowest BCUT2D eigenvalue weighted by Crippen LogP contribution is -2.35. The molecule has 3 aromatic rings. The molecule has 0 unspecified atom stereocenters. The summed E-state index contributed by atoms with van der Waals surface area (Å²) >= 11 is 0. The number of imidazole rings is 1. The Morgan fingerprint density at radius 3 is 2.67 bits per heavy atom. The van der Waals surface area contributed by atoms with Gasteiger partial charge in [-0.05, 0) is 37.9 Å². The number of aromatic nitrogens is 3. The number of benzene rings is 1. The number of amides is 1. The van der Waals surface area contributed by atoms with Gasteiger partial charge in [-0.15, -0.1) is 0 Å². The minimum absolute atomic E-state index is 0.0524. The standard InChI is InChI=1S/C20H23N5O2/c1-23(2)18-13-25(11-16(18)14-5-7-15(27-3)8-6-14)19(26)17-12-24-10-4-9-21-20(24)22-17/h4-10,12,16,18H,11,13H2,1-3H3/t16-,18+/m0/s1. The van der Waals surface area contributed by atoms with Crippen LogP contribution in [0.3, 0.4) is 0 Å². The molecule has 0 spiro atoms. The van der Waals surface area contributed by atoms with Crippen LogP contribution in [0.25, 0.3) is 5.78 Å². The van der Waals surface area contributed by atoms with Gasteiger partial charge in [0.2, 0.25) is 5.78 Å². The van der Waals surface area contributed by atoms with Crippen molar-refractivity contribution in [2.45, 2.75) is 12.0 Å². The highest BCUT2D eigenvalue weighted by Crippen LogP contribution is 2.32. The van der Waals surface area contributed by atoms with E-state index in [4.69, 9.17) is 4.74 Å². The maximum Gasteiger partial charge on any atom is 0.274 e. The zero-order valence-corrected chi connectivity index (χ0v) is 15.7. The summed E-state index contributed by atoms with van der Waals surface area (Å²) < 4.78 is 7.03. The van der Waals surface area contributed by atoms with Crippen molar-refractivity contribution in [3.63, 3.8) is 0 Å². The van der Waals surface area contributed by atoms with Crippen LogP contribution in [0.5, 0.6) is 5.75 Å². The molecule has 1 aliphatic heterocycles. The van der Waals surface area contributed by atoms with E-state index in [0.29, 0.717) is 24.6 Å². The highest BCUT2D eigenvalue weighted by molar-refractivity contribution is 5.93. The van der Waals surface area contributed by atoms with E-state index in [1.165, 1.54) is 5.56 Å². The van der Waals surface area contributed by atoms with Crippen molar-refractivity contribution in [3.05, 3.63) is 60.2 Å². The molecule has 140 valence electrons. The van der Waals surface area contributed by atoms with Crippen LogP contribution in [0.2, 0.25) is 0 Å². The Balaban J connectivity index is 1.59. The summed E-state index contributed by atoms with van der Waals surface area (Å²) in [6.07, 6.45) is 5.27. The lowest BCUT2D eigenvalue weighted by Gasteiger charge is -2.25. The van der Waals surface area contributed by atoms with Crippen LogP contribution in [-0.2, 0) is 0 Å². The number of likely N-dealkylation sites (tertiary alicyclic amines) is 1. The van der Waals surface area contributed by atoms with Crippen molar-refractivity contribution in [1.82, 2.24) is 24.2 Å². The molecule has 27 heavy (non-hydrogen) atoms. The molecule has 1 amide bonds. The van der Waals surface area contributed by atoms with E-state index in [1.807, 2.05) is 29.3 Å². The first-order valence-corrected chi connectivity index (χ1v) is 8.96. The van der Waals surface area contributed by atoms with Crippen molar-refractivity contribution >= 4 is 11.7 Å². The van der Waals surface area contributed by atoms with Crippen LogP contribution in [0.15, 0.2) is 48.9 Å². The van der Waals surface area contributed by atoms with Gasteiger partial charge in [0.25, 0.3) is 5.91 Å². The zero-order valence-electron chi connectivity index (χ0n) is 15.7. The lowest BCUT2D eigenvalue weighted by atomic mass is 9.93. The smallest absolute Gasteiger partial charge is 0.274 e. The summed E-state index contributed by atoms with van der Waals surface area (Å²) in [5.74, 6) is 1.56. The van der Waals surface area contributed by atoms with Crippen LogP contribution < -0.4 is 4.74 Å². The Morgan fingerprint density at radius 1 is 1.22 bits per heavy atom. The molecule has 1 fully saturated rings. The van der Waals surface area contributed by atoms with Crippen molar-refractivity contribution < 1.29 is 9.53 Å². The number of likely N-dealkylation sites (N-methyl/N-ethyl adjacent to an activating group) is 1. The summed E-state index contributed by atoms with van der Waals surface area (Å²) in [4.78, 5) is 25.7. The molecule has 0 saturated carbocycles. The van der Waals surface area contributed by atoms with Gasteiger partial charge in [-0.3, -0.25) is 9.20 Å². The van der Waals surface area contributed by atoms with E-state index < -0.39 is 0 Å². The quantitative estimate of drug-likeness (QED) is 0.707. The Bertz CT molecular complexity index is 917. The number of nitrogens with zero attached hydrogens (tertiary/aromatic N) is 5. The molecule has 7 nitrogen and oxygen atoms in total. The largest absolute Gasteiger partial charge is 0.497 e. The molecular weight excluding hydrogens is 342 g/mol. The molecule has 0 aliphatic carbocycles. The SMILES string of the molecule is COc1ccc([C@@H]2CN(C(=O)c3cn4cccnc4n3)C[C@H]2N(C)C)cc1. The third-order valence-corrected chi connectivity index (χ3v) is 5.24. The molecule has 1 aliphatic rings. The Morgan fingerprint density at radius 2 is 2.00 bits per heavy atom. The predicted octanol–water partition coefficient (Wildman–Crippen LogP) is 1.91. The number of methoxy groups -OCH3 is 1. The molecule has 1 saturated heterocycles. The van der Waals surface area contributed by atoms with Crippen molar-refractivity contribution in [3.8, 4) is 5.75 Å². The molecule has 7 heteroatoms. The van der Waals surface area contributed by atoms with E-state index in [1.54, 1.807) is 23.9 Å². The van der Waals surface area contributed by atoms with E-state index in [9.17, 15) is 4.79 Å². The normalized spacial score (nSPS) is 19.8. The Hall–Kier alpha value is -2.93. The van der Waals surface area contributed by atoms with Crippen LogP contribution in [-0.4, -0.2) is 70.4 Å². The number of rotatable bonds is 4. The molecular formula is C20H23N5O2. The first kappa shape index (κ1) is 17.5. The van der Waals surface area contributed by atoms with Crippen molar-refractivity contribution in [2.24, 2.45) is 0 Å². The molecule has 2 aromatic heterocycles. The minimum Gasteiger partial charge on any atom is -0.497 e. The van der Waals surface area contributed by atoms with E-state index in [2.05, 4.69) is 41.1 Å². The number of carbonyl (C=O) groups is 1. The first-order chi connectivity index (χ1) is 13.1. The van der Waals surface area contributed by atoms with Gasteiger partial charge in [0, 0.05) is 43.6 Å². The number of hydrogen-bond donors (Lipinski definition) is 0.